The standard InChI is InChI=1S/C5H9N5/c6-2-3-1-4(7)10-5(8)9-3/h1H,2,6H2,(H4,7,8,9,10). The molecule has 0 unspecified atom stereocenters. The molecule has 0 aliphatic rings. The van der Waals surface area contributed by atoms with E-state index in [-0.39, 0.29) is 5.95 Å². The molecular formula is C5H9N5. The van der Waals surface area contributed by atoms with Crippen LogP contribution in [0.25, 0.3) is 0 Å². The zero-order valence-electron chi connectivity index (χ0n) is 5.41. The van der Waals surface area contributed by atoms with Crippen molar-refractivity contribution in [2.75, 3.05) is 11.5 Å². The fourth-order valence-corrected chi connectivity index (χ4v) is 0.644. The molecule has 54 valence electrons. The number of hydrogen-bond acceptors (Lipinski definition) is 5. The van der Waals surface area contributed by atoms with Gasteiger partial charge in [-0.3, -0.25) is 0 Å². The Bertz CT molecular complexity index is 213. The maximum absolute atomic E-state index is 5.35. The van der Waals surface area contributed by atoms with Crippen molar-refractivity contribution >= 4 is 11.8 Å². The molecule has 0 atom stereocenters. The van der Waals surface area contributed by atoms with Crippen LogP contribution < -0.4 is 17.2 Å². The van der Waals surface area contributed by atoms with Gasteiger partial charge in [-0.2, -0.15) is 4.98 Å². The SMILES string of the molecule is NCc1cc(N)nc(N)n1. The smallest absolute Gasteiger partial charge is 0.222 e. The molecule has 0 fully saturated rings. The lowest BCUT2D eigenvalue weighted by Gasteiger charge is -1.97. The van der Waals surface area contributed by atoms with Crippen LogP contribution in [0.3, 0.4) is 0 Å². The first kappa shape index (κ1) is 6.76. The van der Waals surface area contributed by atoms with Crippen molar-refractivity contribution in [2.45, 2.75) is 6.54 Å². The van der Waals surface area contributed by atoms with E-state index in [1.165, 1.54) is 0 Å². The molecule has 0 saturated carbocycles. The van der Waals surface area contributed by atoms with Gasteiger partial charge in [-0.15, -0.1) is 0 Å². The predicted molar refractivity (Wildman–Crippen MR) is 38.7 cm³/mol. The largest absolute Gasteiger partial charge is 0.384 e. The zero-order valence-corrected chi connectivity index (χ0v) is 5.41. The molecule has 0 bridgehead atoms. The summed E-state index contributed by atoms with van der Waals surface area (Å²) in [6.07, 6.45) is 0. The van der Waals surface area contributed by atoms with E-state index >= 15 is 0 Å². The van der Waals surface area contributed by atoms with Crippen LogP contribution >= 0.6 is 0 Å². The van der Waals surface area contributed by atoms with Crippen LogP contribution in [0.5, 0.6) is 0 Å². The molecule has 0 amide bonds. The first-order chi connectivity index (χ1) is 4.72. The van der Waals surface area contributed by atoms with Gasteiger partial charge in [0.25, 0.3) is 0 Å². The molecule has 0 aromatic carbocycles. The summed E-state index contributed by atoms with van der Waals surface area (Å²) in [5, 5.41) is 0. The van der Waals surface area contributed by atoms with E-state index in [1.807, 2.05) is 0 Å². The van der Waals surface area contributed by atoms with Gasteiger partial charge in [0.05, 0.1) is 5.69 Å². The maximum atomic E-state index is 5.35. The number of nitrogens with two attached hydrogens (primary N) is 3. The van der Waals surface area contributed by atoms with Gasteiger partial charge < -0.3 is 17.2 Å². The van der Waals surface area contributed by atoms with Gasteiger partial charge in [0.2, 0.25) is 5.95 Å². The minimum atomic E-state index is 0.167. The topological polar surface area (TPSA) is 104 Å². The van der Waals surface area contributed by atoms with Gasteiger partial charge in [0.1, 0.15) is 5.82 Å². The van der Waals surface area contributed by atoms with Crippen LogP contribution in [0.15, 0.2) is 6.07 Å². The molecule has 10 heavy (non-hydrogen) atoms. The lowest BCUT2D eigenvalue weighted by molar-refractivity contribution is 0.976. The number of rotatable bonds is 1. The molecule has 0 spiro atoms. The molecule has 1 rings (SSSR count). The van der Waals surface area contributed by atoms with Crippen LogP contribution in [0, 0.1) is 0 Å². The van der Waals surface area contributed by atoms with Crippen molar-refractivity contribution in [1.82, 2.24) is 9.97 Å². The second-order valence-electron chi connectivity index (χ2n) is 1.85. The van der Waals surface area contributed by atoms with Crippen LogP contribution in [-0.4, -0.2) is 9.97 Å². The molecule has 1 heterocycles. The van der Waals surface area contributed by atoms with E-state index < -0.39 is 0 Å². The van der Waals surface area contributed by atoms with E-state index in [0.29, 0.717) is 18.1 Å². The fourth-order valence-electron chi connectivity index (χ4n) is 0.644. The minimum Gasteiger partial charge on any atom is -0.384 e. The normalized spacial score (nSPS) is 9.70. The first-order valence-electron chi connectivity index (χ1n) is 2.81. The molecular weight excluding hydrogens is 130 g/mol. The lowest BCUT2D eigenvalue weighted by Crippen LogP contribution is -2.06. The highest BCUT2D eigenvalue weighted by molar-refractivity contribution is 5.35. The van der Waals surface area contributed by atoms with Crippen molar-refractivity contribution in [3.63, 3.8) is 0 Å². The number of nitrogen functional groups attached to an aromatic ring is 2. The van der Waals surface area contributed by atoms with E-state index in [0.717, 1.165) is 0 Å². The van der Waals surface area contributed by atoms with Gasteiger partial charge in [0, 0.05) is 12.6 Å². The van der Waals surface area contributed by atoms with E-state index in [2.05, 4.69) is 9.97 Å². The second kappa shape index (κ2) is 2.49. The number of aromatic nitrogens is 2. The highest BCUT2D eigenvalue weighted by Crippen LogP contribution is 2.02. The Balaban J connectivity index is 3.06. The summed E-state index contributed by atoms with van der Waals surface area (Å²) in [6, 6.07) is 1.59. The second-order valence-corrected chi connectivity index (χ2v) is 1.85. The van der Waals surface area contributed by atoms with Crippen molar-refractivity contribution in [3.8, 4) is 0 Å². The van der Waals surface area contributed by atoms with Gasteiger partial charge in [-0.05, 0) is 0 Å². The van der Waals surface area contributed by atoms with Gasteiger partial charge in [-0.1, -0.05) is 0 Å². The van der Waals surface area contributed by atoms with Crippen molar-refractivity contribution < 1.29 is 0 Å². The Labute approximate surface area is 58.3 Å². The average Bonchev–Trinajstić information content (AvgIpc) is 1.85. The molecule has 0 aliphatic carbocycles. The minimum absolute atomic E-state index is 0.167. The number of anilines is 2. The Morgan fingerprint density at radius 2 is 2.00 bits per heavy atom. The molecule has 0 saturated heterocycles. The van der Waals surface area contributed by atoms with Crippen LogP contribution in [0.4, 0.5) is 11.8 Å². The fraction of sp³-hybridized carbons (Fsp3) is 0.200. The van der Waals surface area contributed by atoms with E-state index in [4.69, 9.17) is 17.2 Å². The molecule has 1 aromatic heterocycles. The Morgan fingerprint density at radius 1 is 1.30 bits per heavy atom. The summed E-state index contributed by atoms with van der Waals surface area (Å²) in [4.78, 5) is 7.49. The Kier molecular flexibility index (Phi) is 1.68. The third kappa shape index (κ3) is 1.32. The maximum Gasteiger partial charge on any atom is 0.222 e. The van der Waals surface area contributed by atoms with E-state index in [9.17, 15) is 0 Å². The Morgan fingerprint density at radius 3 is 2.50 bits per heavy atom. The molecule has 5 nitrogen and oxygen atoms in total. The van der Waals surface area contributed by atoms with Crippen molar-refractivity contribution in [3.05, 3.63) is 11.8 Å². The quantitative estimate of drug-likeness (QED) is 0.467. The molecule has 5 heteroatoms. The number of hydrogen-bond donors (Lipinski definition) is 3. The van der Waals surface area contributed by atoms with Crippen molar-refractivity contribution in [2.24, 2.45) is 5.73 Å². The summed E-state index contributed by atoms with van der Waals surface area (Å²) >= 11 is 0. The summed E-state index contributed by atoms with van der Waals surface area (Å²) in [6.45, 7) is 0.330. The Hall–Kier alpha value is -1.36. The van der Waals surface area contributed by atoms with Crippen molar-refractivity contribution in [1.29, 1.82) is 0 Å². The average molecular weight is 139 g/mol. The van der Waals surface area contributed by atoms with Gasteiger partial charge in [0.15, 0.2) is 0 Å². The highest BCUT2D eigenvalue weighted by atomic mass is 15.0. The van der Waals surface area contributed by atoms with Gasteiger partial charge >= 0.3 is 0 Å². The molecule has 1 aromatic rings. The monoisotopic (exact) mass is 139 g/mol. The predicted octanol–water partition coefficient (Wildman–Crippen LogP) is -0.900. The highest BCUT2D eigenvalue weighted by Gasteiger charge is 1.95. The third-order valence-corrected chi connectivity index (χ3v) is 1.03. The van der Waals surface area contributed by atoms with E-state index in [1.54, 1.807) is 6.07 Å². The molecule has 0 radical (unpaired) electrons. The summed E-state index contributed by atoms with van der Waals surface area (Å²) in [5.74, 6) is 0.522. The lowest BCUT2D eigenvalue weighted by atomic mass is 10.4. The molecule has 6 N–H and O–H groups in total. The van der Waals surface area contributed by atoms with Crippen LogP contribution in [0.2, 0.25) is 0 Å². The summed E-state index contributed by atoms with van der Waals surface area (Å²) < 4.78 is 0. The van der Waals surface area contributed by atoms with Gasteiger partial charge in [-0.25, -0.2) is 4.98 Å². The summed E-state index contributed by atoms with van der Waals surface area (Å²) in [7, 11) is 0. The molecule has 0 aliphatic heterocycles. The third-order valence-electron chi connectivity index (χ3n) is 1.03. The number of nitrogens with zero attached hydrogens (tertiary/aromatic N) is 2. The summed E-state index contributed by atoms with van der Waals surface area (Å²) in [5.41, 5.74) is 16.6. The first-order valence-corrected chi connectivity index (χ1v) is 2.81. The zero-order chi connectivity index (χ0) is 7.56. The van der Waals surface area contributed by atoms with Crippen LogP contribution in [0.1, 0.15) is 5.69 Å². The van der Waals surface area contributed by atoms with Crippen LogP contribution in [-0.2, 0) is 6.54 Å².